The predicted molar refractivity (Wildman–Crippen MR) is 121 cm³/mol. The number of aromatic nitrogens is 3. The zero-order chi connectivity index (χ0) is 20.4. The summed E-state index contributed by atoms with van der Waals surface area (Å²) in [4.78, 5) is 4.61. The first-order valence-electron chi connectivity index (χ1n) is 9.88. The minimum absolute atomic E-state index is 0.188. The molecule has 0 amide bonds. The summed E-state index contributed by atoms with van der Waals surface area (Å²) < 4.78 is 2.01. The Kier molecular flexibility index (Phi) is 5.60. The first kappa shape index (κ1) is 19.6. The average Bonchev–Trinajstić information content (AvgIpc) is 3.35. The maximum atomic E-state index is 4.97. The zero-order valence-electron chi connectivity index (χ0n) is 17.3. The molecule has 5 heteroatoms. The van der Waals surface area contributed by atoms with Gasteiger partial charge in [-0.05, 0) is 44.9 Å². The Bertz CT molecular complexity index is 1110. The van der Waals surface area contributed by atoms with E-state index in [0.717, 1.165) is 34.2 Å². The van der Waals surface area contributed by atoms with Crippen LogP contribution in [-0.2, 0) is 6.54 Å². The lowest BCUT2D eigenvalue weighted by molar-refractivity contribution is 0.564. The van der Waals surface area contributed by atoms with Gasteiger partial charge in [0.15, 0.2) is 0 Å². The number of benzene rings is 2. The van der Waals surface area contributed by atoms with Crippen molar-refractivity contribution in [3.8, 4) is 16.9 Å². The second kappa shape index (κ2) is 8.31. The summed E-state index contributed by atoms with van der Waals surface area (Å²) in [7, 11) is 0. The van der Waals surface area contributed by atoms with Crippen LogP contribution in [0.4, 0.5) is 0 Å². The van der Waals surface area contributed by atoms with Gasteiger partial charge in [0.25, 0.3) is 0 Å². The molecule has 0 unspecified atom stereocenters. The van der Waals surface area contributed by atoms with Crippen LogP contribution in [-0.4, -0.2) is 14.8 Å². The van der Waals surface area contributed by atoms with Gasteiger partial charge in [0.2, 0.25) is 0 Å². The fraction of sp³-hybridized carbons (Fsp3) is 0.250. The van der Waals surface area contributed by atoms with Crippen molar-refractivity contribution in [2.45, 2.75) is 40.3 Å². The summed E-state index contributed by atoms with van der Waals surface area (Å²) in [5.41, 5.74) is 7.98. The van der Waals surface area contributed by atoms with Crippen LogP contribution < -0.4 is 5.32 Å². The van der Waals surface area contributed by atoms with Crippen LogP contribution in [0.2, 0.25) is 0 Å². The minimum Gasteiger partial charge on any atom is -0.305 e. The number of nitrogens with zero attached hydrogens (tertiary/aromatic N) is 3. The Morgan fingerprint density at radius 1 is 1.07 bits per heavy atom. The summed E-state index contributed by atoms with van der Waals surface area (Å²) in [5.74, 6) is 0. The molecule has 148 valence electrons. The van der Waals surface area contributed by atoms with Gasteiger partial charge in [-0.2, -0.15) is 5.10 Å². The van der Waals surface area contributed by atoms with Crippen LogP contribution in [0.15, 0.2) is 60.1 Å². The smallest absolute Gasteiger partial charge is 0.0972 e. The van der Waals surface area contributed by atoms with Crippen molar-refractivity contribution in [3.63, 3.8) is 0 Å². The molecule has 0 radical (unpaired) electrons. The van der Waals surface area contributed by atoms with E-state index in [0.29, 0.717) is 0 Å². The topological polar surface area (TPSA) is 42.7 Å². The summed E-state index contributed by atoms with van der Waals surface area (Å²) >= 11 is 1.69. The van der Waals surface area contributed by atoms with Gasteiger partial charge >= 0.3 is 0 Å². The molecule has 2 heterocycles. The fourth-order valence-corrected chi connectivity index (χ4v) is 4.12. The molecule has 1 atom stereocenters. The van der Waals surface area contributed by atoms with Gasteiger partial charge in [0.05, 0.1) is 22.1 Å². The molecule has 29 heavy (non-hydrogen) atoms. The molecule has 0 saturated carbocycles. The van der Waals surface area contributed by atoms with Crippen LogP contribution in [0.25, 0.3) is 16.9 Å². The number of thiazole rings is 1. The van der Waals surface area contributed by atoms with Gasteiger partial charge in [-0.25, -0.2) is 9.67 Å². The molecule has 4 rings (SSSR count). The van der Waals surface area contributed by atoms with Crippen LogP contribution >= 0.6 is 11.3 Å². The molecular formula is C24H26N4S. The largest absolute Gasteiger partial charge is 0.305 e. The Morgan fingerprint density at radius 2 is 1.86 bits per heavy atom. The standard InChI is InChI=1S/C24H26N4S/c1-16-10-11-17(2)23(12-16)28-14-21(24(27-28)20-8-6-5-7-9-20)13-25-18(3)22-15-29-19(4)26-22/h5-12,14-15,18,25H,13H2,1-4H3/t18-/m0/s1. The molecule has 0 saturated heterocycles. The van der Waals surface area contributed by atoms with Crippen molar-refractivity contribution in [1.82, 2.24) is 20.1 Å². The van der Waals surface area contributed by atoms with Crippen LogP contribution in [0.3, 0.4) is 0 Å². The van der Waals surface area contributed by atoms with Gasteiger partial charge in [0, 0.05) is 35.3 Å². The van der Waals surface area contributed by atoms with Crippen LogP contribution in [0.5, 0.6) is 0 Å². The molecule has 4 aromatic rings. The number of hydrogen-bond donors (Lipinski definition) is 1. The zero-order valence-corrected chi connectivity index (χ0v) is 18.1. The molecule has 0 spiro atoms. The van der Waals surface area contributed by atoms with E-state index in [1.54, 1.807) is 11.3 Å². The van der Waals surface area contributed by atoms with E-state index in [9.17, 15) is 0 Å². The van der Waals surface area contributed by atoms with Crippen molar-refractivity contribution in [2.75, 3.05) is 0 Å². The maximum Gasteiger partial charge on any atom is 0.0972 e. The molecule has 2 aromatic heterocycles. The predicted octanol–water partition coefficient (Wildman–Crippen LogP) is 5.77. The molecule has 0 bridgehead atoms. The van der Waals surface area contributed by atoms with E-state index in [2.05, 4.69) is 85.1 Å². The molecule has 0 aliphatic rings. The van der Waals surface area contributed by atoms with Crippen molar-refractivity contribution < 1.29 is 0 Å². The van der Waals surface area contributed by atoms with Gasteiger partial charge in [-0.15, -0.1) is 11.3 Å². The first-order chi connectivity index (χ1) is 14.0. The second-order valence-electron chi connectivity index (χ2n) is 7.50. The minimum atomic E-state index is 0.188. The summed E-state index contributed by atoms with van der Waals surface area (Å²) in [5, 5.41) is 11.8. The third-order valence-corrected chi connectivity index (χ3v) is 5.92. The Labute approximate surface area is 176 Å². The fourth-order valence-electron chi connectivity index (χ4n) is 3.41. The Hall–Kier alpha value is -2.76. The average molecular weight is 403 g/mol. The van der Waals surface area contributed by atoms with Gasteiger partial charge in [0.1, 0.15) is 0 Å². The van der Waals surface area contributed by atoms with Crippen LogP contribution in [0, 0.1) is 20.8 Å². The third kappa shape index (κ3) is 4.31. The first-order valence-corrected chi connectivity index (χ1v) is 10.8. The molecule has 0 aliphatic heterocycles. The summed E-state index contributed by atoms with van der Waals surface area (Å²) in [6.45, 7) is 9.18. The Morgan fingerprint density at radius 3 is 2.59 bits per heavy atom. The third-order valence-electron chi connectivity index (χ3n) is 5.13. The van der Waals surface area contributed by atoms with Crippen molar-refractivity contribution in [2.24, 2.45) is 0 Å². The monoisotopic (exact) mass is 402 g/mol. The summed E-state index contributed by atoms with van der Waals surface area (Å²) in [6.07, 6.45) is 2.15. The molecule has 0 fully saturated rings. The van der Waals surface area contributed by atoms with E-state index in [1.165, 1.54) is 16.7 Å². The van der Waals surface area contributed by atoms with Crippen molar-refractivity contribution in [1.29, 1.82) is 0 Å². The van der Waals surface area contributed by atoms with Gasteiger partial charge < -0.3 is 5.32 Å². The maximum absolute atomic E-state index is 4.97. The van der Waals surface area contributed by atoms with Gasteiger partial charge in [-0.3, -0.25) is 0 Å². The quantitative estimate of drug-likeness (QED) is 0.445. The Balaban J connectivity index is 1.68. The van der Waals surface area contributed by atoms with E-state index in [-0.39, 0.29) is 6.04 Å². The van der Waals surface area contributed by atoms with E-state index in [1.807, 2.05) is 17.7 Å². The molecule has 1 N–H and O–H groups in total. The number of rotatable bonds is 6. The molecule has 4 nitrogen and oxygen atoms in total. The normalized spacial score (nSPS) is 12.3. The molecular weight excluding hydrogens is 376 g/mol. The number of aryl methyl sites for hydroxylation is 3. The summed E-state index contributed by atoms with van der Waals surface area (Å²) in [6, 6.07) is 17.1. The lowest BCUT2D eigenvalue weighted by Crippen LogP contribution is -2.18. The number of nitrogens with one attached hydrogen (secondary N) is 1. The van der Waals surface area contributed by atoms with Gasteiger partial charge in [-0.1, -0.05) is 42.5 Å². The van der Waals surface area contributed by atoms with Crippen LogP contribution in [0.1, 0.15) is 40.4 Å². The highest BCUT2D eigenvalue weighted by molar-refractivity contribution is 7.09. The lowest BCUT2D eigenvalue weighted by Gasteiger charge is -2.11. The second-order valence-corrected chi connectivity index (χ2v) is 8.56. The van der Waals surface area contributed by atoms with E-state index in [4.69, 9.17) is 5.10 Å². The molecule has 0 aliphatic carbocycles. The number of hydrogen-bond acceptors (Lipinski definition) is 4. The highest BCUT2D eigenvalue weighted by atomic mass is 32.1. The van der Waals surface area contributed by atoms with Crippen molar-refractivity contribution >= 4 is 11.3 Å². The SMILES string of the molecule is Cc1ccc(C)c(-n2cc(CN[C@@H](C)c3csc(C)n3)c(-c3ccccc3)n2)c1. The lowest BCUT2D eigenvalue weighted by atomic mass is 10.1. The highest BCUT2D eigenvalue weighted by Crippen LogP contribution is 2.26. The molecule has 2 aromatic carbocycles. The van der Waals surface area contributed by atoms with E-state index >= 15 is 0 Å². The van der Waals surface area contributed by atoms with Crippen molar-refractivity contribution in [3.05, 3.63) is 87.5 Å². The highest BCUT2D eigenvalue weighted by Gasteiger charge is 2.15. The van der Waals surface area contributed by atoms with E-state index < -0.39 is 0 Å².